The molecule has 3 heterocycles. The van der Waals surface area contributed by atoms with Crippen LogP contribution in [0.4, 0.5) is 17.1 Å². The fourth-order valence-corrected chi connectivity index (χ4v) is 13.4. The molecule has 0 N–H and O–H groups in total. The molecule has 0 radical (unpaired) electrons. The lowest BCUT2D eigenvalue weighted by Gasteiger charge is -2.42. The average Bonchev–Trinajstić information content (AvgIpc) is 3.86. The van der Waals surface area contributed by atoms with E-state index in [0.717, 1.165) is 0 Å². The molecule has 0 spiro atoms. The van der Waals surface area contributed by atoms with Crippen LogP contribution in [0.15, 0.2) is 170 Å². The van der Waals surface area contributed by atoms with Crippen molar-refractivity contribution in [3.63, 3.8) is 0 Å². The monoisotopic (exact) mass is 848 g/mol. The molecule has 4 aliphatic rings. The highest BCUT2D eigenvalue weighted by Gasteiger charge is 2.45. The van der Waals surface area contributed by atoms with E-state index >= 15 is 0 Å². The van der Waals surface area contributed by atoms with Gasteiger partial charge >= 0.3 is 0 Å². The smallest absolute Gasteiger partial charge is 0.0583 e. The number of benzene rings is 9. The molecule has 318 valence electrons. The molecule has 0 bridgehead atoms. The van der Waals surface area contributed by atoms with Crippen molar-refractivity contribution in [3.8, 4) is 39.1 Å². The molecule has 0 saturated carbocycles. The molecule has 0 saturated heterocycles. The van der Waals surface area contributed by atoms with Crippen molar-refractivity contribution < 1.29 is 0 Å². The minimum absolute atomic E-state index is 0.140. The molecular formula is C64H52N2. The van der Waals surface area contributed by atoms with Crippen LogP contribution in [0.1, 0.15) is 99.9 Å². The van der Waals surface area contributed by atoms with Crippen molar-refractivity contribution in [1.29, 1.82) is 0 Å². The maximum Gasteiger partial charge on any atom is 0.0583 e. The normalized spacial score (nSPS) is 16.7. The van der Waals surface area contributed by atoms with Gasteiger partial charge in [0.15, 0.2) is 0 Å². The van der Waals surface area contributed by atoms with E-state index in [1.165, 1.54) is 133 Å². The van der Waals surface area contributed by atoms with E-state index in [4.69, 9.17) is 0 Å². The van der Waals surface area contributed by atoms with Crippen LogP contribution in [0.3, 0.4) is 0 Å². The molecule has 10 aromatic rings. The van der Waals surface area contributed by atoms with Gasteiger partial charge in [-0.05, 0) is 137 Å². The number of hydrogen-bond donors (Lipinski definition) is 0. The summed E-state index contributed by atoms with van der Waals surface area (Å²) in [5.74, 6) is 0. The Balaban J connectivity index is 1.09. The van der Waals surface area contributed by atoms with Crippen LogP contribution >= 0.6 is 0 Å². The topological polar surface area (TPSA) is 8.17 Å². The molecule has 2 aliphatic heterocycles. The van der Waals surface area contributed by atoms with Gasteiger partial charge in [-0.3, -0.25) is 0 Å². The molecule has 9 aromatic carbocycles. The molecule has 2 heteroatoms. The number of aromatic nitrogens is 1. The zero-order valence-corrected chi connectivity index (χ0v) is 39.1. The minimum atomic E-state index is -0.273. The Morgan fingerprint density at radius 2 is 0.758 bits per heavy atom. The van der Waals surface area contributed by atoms with E-state index in [1.54, 1.807) is 0 Å². The van der Waals surface area contributed by atoms with Gasteiger partial charge < -0.3 is 9.47 Å². The quantitative estimate of drug-likeness (QED) is 0.171. The number of hydrogen-bond acceptors (Lipinski definition) is 1. The predicted octanol–water partition coefficient (Wildman–Crippen LogP) is 17.0. The van der Waals surface area contributed by atoms with Gasteiger partial charge in [0.25, 0.3) is 0 Å². The third-order valence-corrected chi connectivity index (χ3v) is 16.9. The molecule has 2 aliphatic carbocycles. The Labute approximate surface area is 387 Å². The van der Waals surface area contributed by atoms with Gasteiger partial charge in [-0.15, -0.1) is 0 Å². The van der Waals surface area contributed by atoms with Crippen LogP contribution in [0.2, 0.25) is 0 Å². The van der Waals surface area contributed by atoms with E-state index in [1.807, 2.05) is 0 Å². The first kappa shape index (κ1) is 38.1. The second-order valence-electron chi connectivity index (χ2n) is 21.8. The van der Waals surface area contributed by atoms with Crippen LogP contribution in [0.5, 0.6) is 0 Å². The number of rotatable bonds is 4. The third kappa shape index (κ3) is 4.62. The lowest BCUT2D eigenvalue weighted by molar-refractivity contribution is 0.594. The summed E-state index contributed by atoms with van der Waals surface area (Å²) < 4.78 is 2.67. The molecule has 0 amide bonds. The second kappa shape index (κ2) is 12.4. The number of anilines is 3. The Morgan fingerprint density at radius 1 is 0.318 bits per heavy atom. The predicted molar refractivity (Wildman–Crippen MR) is 278 cm³/mol. The van der Waals surface area contributed by atoms with Crippen molar-refractivity contribution in [2.75, 3.05) is 4.90 Å². The average molecular weight is 849 g/mol. The summed E-state index contributed by atoms with van der Waals surface area (Å²) in [7, 11) is 0. The van der Waals surface area contributed by atoms with E-state index in [-0.39, 0.29) is 21.7 Å². The fraction of sp³-hybridized carbons (Fsp3) is 0.188. The molecule has 0 unspecified atom stereocenters. The fourth-order valence-electron chi connectivity index (χ4n) is 13.4. The zero-order chi connectivity index (χ0) is 44.8. The Hall–Kier alpha value is -7.16. The number of fused-ring (bicyclic) bond motifs is 8. The standard InChI is InChI=1S/C64H52N2/c1-61(2)50-23-13-11-20-44(50)46-29-27-39(34-54(46)61)65(40-28-30-47-45-21-12-14-24-51(45)62(3,4)55(47)35-40)41-33-49-48-31-38(43-22-15-18-37-17-9-10-19-42(37)43)32-56-58(48)66-59(49)57(36-41)64(7,8)53-26-16-25-52(60(53)66)63(56,5)6/h9-36H,1-8H3. The van der Waals surface area contributed by atoms with Crippen LogP contribution in [0.25, 0.3) is 71.6 Å². The molecule has 2 nitrogen and oxygen atoms in total. The van der Waals surface area contributed by atoms with Gasteiger partial charge in [-0.25, -0.2) is 0 Å². The summed E-state index contributed by atoms with van der Waals surface area (Å²) in [5, 5.41) is 5.17. The van der Waals surface area contributed by atoms with Gasteiger partial charge in [0, 0.05) is 49.5 Å². The first-order valence-corrected chi connectivity index (χ1v) is 23.8. The summed E-state index contributed by atoms with van der Waals surface area (Å²) in [6.45, 7) is 19.4. The summed E-state index contributed by atoms with van der Waals surface area (Å²) in [6, 6.07) is 65.4. The maximum atomic E-state index is 2.67. The van der Waals surface area contributed by atoms with Gasteiger partial charge in [-0.1, -0.05) is 177 Å². The van der Waals surface area contributed by atoms with Crippen LogP contribution in [-0.2, 0) is 21.7 Å². The van der Waals surface area contributed by atoms with Crippen molar-refractivity contribution in [2.45, 2.75) is 77.0 Å². The highest BCUT2D eigenvalue weighted by atomic mass is 15.1. The summed E-state index contributed by atoms with van der Waals surface area (Å²) in [6.07, 6.45) is 0. The third-order valence-electron chi connectivity index (χ3n) is 16.9. The van der Waals surface area contributed by atoms with Crippen molar-refractivity contribution >= 4 is 49.6 Å². The van der Waals surface area contributed by atoms with Gasteiger partial charge in [0.2, 0.25) is 0 Å². The first-order chi connectivity index (χ1) is 31.8. The molecule has 66 heavy (non-hydrogen) atoms. The number of nitrogens with zero attached hydrogens (tertiary/aromatic N) is 2. The summed E-state index contributed by atoms with van der Waals surface area (Å²) in [4.78, 5) is 2.58. The van der Waals surface area contributed by atoms with E-state index in [9.17, 15) is 0 Å². The molecular weight excluding hydrogens is 797 g/mol. The highest BCUT2D eigenvalue weighted by molar-refractivity contribution is 6.17. The van der Waals surface area contributed by atoms with Crippen LogP contribution in [0, 0.1) is 0 Å². The maximum absolute atomic E-state index is 2.67. The minimum Gasteiger partial charge on any atom is -0.310 e. The van der Waals surface area contributed by atoms with Gasteiger partial charge in [-0.2, -0.15) is 0 Å². The van der Waals surface area contributed by atoms with Crippen LogP contribution < -0.4 is 4.90 Å². The zero-order valence-electron chi connectivity index (χ0n) is 39.1. The van der Waals surface area contributed by atoms with Crippen molar-refractivity contribution in [1.82, 2.24) is 4.57 Å². The molecule has 1 aromatic heterocycles. The summed E-state index contributed by atoms with van der Waals surface area (Å²) >= 11 is 0. The SMILES string of the molecule is CC1(C)c2ccccc2-c2ccc(N(c3ccc4c(c3)C(C)(C)c3ccccc3-4)c3cc4c5c(c3)c3cc(-c6cccc7ccccc67)cc6c3n5-c3c(cccc3C4(C)C)C6(C)C)cc21. The van der Waals surface area contributed by atoms with Crippen molar-refractivity contribution in [3.05, 3.63) is 214 Å². The number of para-hydroxylation sites is 1. The van der Waals surface area contributed by atoms with Gasteiger partial charge in [0.1, 0.15) is 0 Å². The van der Waals surface area contributed by atoms with E-state index < -0.39 is 0 Å². The van der Waals surface area contributed by atoms with E-state index in [0.29, 0.717) is 0 Å². The van der Waals surface area contributed by atoms with E-state index in [2.05, 4.69) is 235 Å². The Morgan fingerprint density at radius 3 is 1.38 bits per heavy atom. The Bertz CT molecular complexity index is 3720. The molecule has 0 atom stereocenters. The molecule has 14 rings (SSSR count). The highest BCUT2D eigenvalue weighted by Crippen LogP contribution is 2.59. The largest absolute Gasteiger partial charge is 0.310 e. The van der Waals surface area contributed by atoms with Crippen LogP contribution in [-0.4, -0.2) is 4.57 Å². The summed E-state index contributed by atoms with van der Waals surface area (Å²) in [5.41, 5.74) is 25.8. The second-order valence-corrected chi connectivity index (χ2v) is 21.8. The Kier molecular flexibility index (Phi) is 7.16. The lowest BCUT2D eigenvalue weighted by Crippen LogP contribution is -2.33. The van der Waals surface area contributed by atoms with Gasteiger partial charge in [0.05, 0.1) is 16.7 Å². The lowest BCUT2D eigenvalue weighted by atomic mass is 9.68. The first-order valence-electron chi connectivity index (χ1n) is 23.8. The molecule has 0 fully saturated rings. The van der Waals surface area contributed by atoms with Crippen molar-refractivity contribution in [2.24, 2.45) is 0 Å².